The zero-order chi connectivity index (χ0) is 17.2. The minimum absolute atomic E-state index is 0.0173. The molecule has 3 aromatic rings. The van der Waals surface area contributed by atoms with Gasteiger partial charge in [-0.2, -0.15) is 0 Å². The van der Waals surface area contributed by atoms with Crippen LogP contribution in [0.25, 0.3) is 9.88 Å². The van der Waals surface area contributed by atoms with Crippen LogP contribution in [0.3, 0.4) is 0 Å². The summed E-state index contributed by atoms with van der Waals surface area (Å²) in [6, 6.07) is 4.06. The van der Waals surface area contributed by atoms with Gasteiger partial charge in [0, 0.05) is 19.0 Å². The van der Waals surface area contributed by atoms with Gasteiger partial charge in [-0.3, -0.25) is 10.2 Å². The maximum Gasteiger partial charge on any atom is 0.230 e. The summed E-state index contributed by atoms with van der Waals surface area (Å²) in [7, 11) is 1.79. The number of aromatic nitrogens is 5. The van der Waals surface area contributed by atoms with Crippen LogP contribution in [0, 0.1) is 5.92 Å². The summed E-state index contributed by atoms with van der Waals surface area (Å²) in [6.07, 6.45) is 1.20. The number of nitrogens with one attached hydrogen (secondary N) is 2. The summed E-state index contributed by atoms with van der Waals surface area (Å²) < 4.78 is 1.55. The Morgan fingerprint density at radius 2 is 2.40 bits per heavy atom. The van der Waals surface area contributed by atoms with Crippen LogP contribution in [0.15, 0.2) is 29.2 Å². The molecule has 0 aromatic carbocycles. The third kappa shape index (κ3) is 3.31. The van der Waals surface area contributed by atoms with Gasteiger partial charge in [-0.25, -0.2) is 15.1 Å². The van der Waals surface area contributed by atoms with Gasteiger partial charge in [-0.15, -0.1) is 27.8 Å². The number of carbonyl (C=O) groups excluding carboxylic acids is 1. The average Bonchev–Trinajstić information content (AvgIpc) is 3.41. The first-order valence-electron chi connectivity index (χ1n) is 7.66. The fourth-order valence-electron chi connectivity index (χ4n) is 2.75. The zero-order valence-corrected chi connectivity index (χ0v) is 15.0. The molecule has 11 heteroatoms. The van der Waals surface area contributed by atoms with Gasteiger partial charge in [0.05, 0.1) is 23.0 Å². The van der Waals surface area contributed by atoms with Crippen LogP contribution in [0.5, 0.6) is 0 Å². The molecule has 9 nitrogen and oxygen atoms in total. The molecule has 4 heterocycles. The van der Waals surface area contributed by atoms with Crippen LogP contribution in [0.2, 0.25) is 0 Å². The van der Waals surface area contributed by atoms with E-state index in [4.69, 9.17) is 0 Å². The highest BCUT2D eigenvalue weighted by atomic mass is 32.1. The first kappa shape index (κ1) is 16.3. The lowest BCUT2D eigenvalue weighted by atomic mass is 10.1. The Kier molecular flexibility index (Phi) is 4.53. The number of nitrogens with zero attached hydrogens (tertiary/aromatic N) is 6. The molecule has 0 saturated carbocycles. The number of thiophene rings is 1. The fourth-order valence-corrected chi connectivity index (χ4v) is 4.38. The van der Waals surface area contributed by atoms with Crippen LogP contribution in [-0.2, 0) is 11.3 Å². The smallest absolute Gasteiger partial charge is 0.230 e. The summed E-state index contributed by atoms with van der Waals surface area (Å²) in [4.78, 5) is 20.3. The van der Waals surface area contributed by atoms with E-state index in [0.717, 1.165) is 15.6 Å². The van der Waals surface area contributed by atoms with Crippen LogP contribution in [0.4, 0.5) is 0 Å². The van der Waals surface area contributed by atoms with E-state index in [9.17, 15) is 4.79 Å². The van der Waals surface area contributed by atoms with Crippen molar-refractivity contribution in [2.24, 2.45) is 5.92 Å². The van der Waals surface area contributed by atoms with Crippen LogP contribution in [0.1, 0.15) is 11.9 Å². The van der Waals surface area contributed by atoms with E-state index in [1.807, 2.05) is 16.8 Å². The van der Waals surface area contributed by atoms with E-state index in [0.29, 0.717) is 13.1 Å². The molecule has 1 aliphatic heterocycles. The lowest BCUT2D eigenvalue weighted by molar-refractivity contribution is -0.135. The van der Waals surface area contributed by atoms with Crippen LogP contribution < -0.4 is 10.9 Å². The fraction of sp³-hybridized carbons (Fsp3) is 0.357. The SMILES string of the molecule is CN(Cc1csc(-c2cccs2)n1)C(=O)C1CNNC1n1cnnn1. The number of thiazole rings is 1. The van der Waals surface area contributed by atoms with E-state index >= 15 is 0 Å². The van der Waals surface area contributed by atoms with E-state index in [2.05, 4.69) is 37.4 Å². The maximum absolute atomic E-state index is 12.8. The van der Waals surface area contributed by atoms with Crippen molar-refractivity contribution in [1.82, 2.24) is 40.9 Å². The van der Waals surface area contributed by atoms with Crippen molar-refractivity contribution in [3.05, 3.63) is 34.9 Å². The van der Waals surface area contributed by atoms with Gasteiger partial charge in [0.15, 0.2) is 0 Å². The molecule has 0 spiro atoms. The molecular weight excluding hydrogens is 360 g/mol. The Labute approximate surface area is 151 Å². The molecule has 0 aliphatic carbocycles. The average molecular weight is 376 g/mol. The molecule has 130 valence electrons. The van der Waals surface area contributed by atoms with Gasteiger partial charge >= 0.3 is 0 Å². The Balaban J connectivity index is 1.44. The van der Waals surface area contributed by atoms with Gasteiger partial charge in [-0.1, -0.05) is 6.07 Å². The third-order valence-electron chi connectivity index (χ3n) is 3.98. The van der Waals surface area contributed by atoms with Crippen molar-refractivity contribution in [2.45, 2.75) is 12.7 Å². The Hall–Kier alpha value is -2.21. The van der Waals surface area contributed by atoms with Gasteiger partial charge < -0.3 is 4.90 Å². The van der Waals surface area contributed by atoms with E-state index in [1.165, 1.54) is 6.33 Å². The molecule has 0 bridgehead atoms. The van der Waals surface area contributed by atoms with Crippen LogP contribution in [-0.4, -0.2) is 49.6 Å². The second-order valence-corrected chi connectivity index (χ2v) is 7.49. The molecule has 1 fully saturated rings. The second-order valence-electron chi connectivity index (χ2n) is 5.68. The third-order valence-corrected chi connectivity index (χ3v) is 5.91. The predicted octanol–water partition coefficient (Wildman–Crippen LogP) is 0.739. The highest BCUT2D eigenvalue weighted by Gasteiger charge is 2.36. The zero-order valence-electron chi connectivity index (χ0n) is 13.4. The molecular formula is C14H16N8OS2. The summed E-state index contributed by atoms with van der Waals surface area (Å²) >= 11 is 3.26. The highest BCUT2D eigenvalue weighted by molar-refractivity contribution is 7.20. The number of amides is 1. The number of hydrogen-bond donors (Lipinski definition) is 2. The Bertz CT molecular complexity index is 831. The minimum atomic E-state index is -0.304. The lowest BCUT2D eigenvalue weighted by Crippen LogP contribution is -2.38. The monoisotopic (exact) mass is 376 g/mol. The second kappa shape index (κ2) is 6.96. The Morgan fingerprint density at radius 1 is 1.48 bits per heavy atom. The van der Waals surface area contributed by atoms with Gasteiger partial charge in [0.2, 0.25) is 5.91 Å². The molecule has 3 aromatic heterocycles. The predicted molar refractivity (Wildman–Crippen MR) is 93.4 cm³/mol. The molecule has 0 radical (unpaired) electrons. The first-order valence-corrected chi connectivity index (χ1v) is 9.42. The standard InChI is InChI=1S/C14H16N8OS2/c1-21(6-9-7-25-13(17-9)11-3-2-4-24-11)14(23)10-5-15-18-12(10)22-8-16-19-20-22/h2-4,7-8,10,12,15,18H,5-6H2,1H3. The molecule has 1 aliphatic rings. The quantitative estimate of drug-likeness (QED) is 0.677. The highest BCUT2D eigenvalue weighted by Crippen LogP contribution is 2.28. The van der Waals surface area contributed by atoms with Crippen molar-refractivity contribution in [2.75, 3.05) is 13.6 Å². The van der Waals surface area contributed by atoms with Crippen molar-refractivity contribution in [3.63, 3.8) is 0 Å². The molecule has 4 rings (SSSR count). The minimum Gasteiger partial charge on any atom is -0.339 e. The summed E-state index contributed by atoms with van der Waals surface area (Å²) in [5.74, 6) is -0.271. The van der Waals surface area contributed by atoms with E-state index < -0.39 is 0 Å². The number of hydrogen-bond acceptors (Lipinski definition) is 9. The number of carbonyl (C=O) groups is 1. The van der Waals surface area contributed by atoms with Crippen molar-refractivity contribution >= 4 is 28.6 Å². The summed E-state index contributed by atoms with van der Waals surface area (Å²) in [5, 5.41) is 16.2. The maximum atomic E-state index is 12.8. The summed E-state index contributed by atoms with van der Waals surface area (Å²) in [6.45, 7) is 0.991. The molecule has 2 atom stereocenters. The number of rotatable bonds is 5. The topological polar surface area (TPSA) is 101 Å². The number of hydrazine groups is 1. The lowest BCUT2D eigenvalue weighted by Gasteiger charge is -2.23. The van der Waals surface area contributed by atoms with Gasteiger partial charge in [-0.05, 0) is 21.9 Å². The molecule has 1 saturated heterocycles. The van der Waals surface area contributed by atoms with E-state index in [1.54, 1.807) is 39.3 Å². The molecule has 1 amide bonds. The molecule has 25 heavy (non-hydrogen) atoms. The summed E-state index contributed by atoms with van der Waals surface area (Å²) in [5.41, 5.74) is 6.94. The van der Waals surface area contributed by atoms with Gasteiger partial charge in [0.1, 0.15) is 17.5 Å². The van der Waals surface area contributed by atoms with E-state index in [-0.39, 0.29) is 18.0 Å². The number of tetrazole rings is 1. The van der Waals surface area contributed by atoms with Crippen molar-refractivity contribution < 1.29 is 4.79 Å². The molecule has 2 N–H and O–H groups in total. The largest absolute Gasteiger partial charge is 0.339 e. The van der Waals surface area contributed by atoms with Crippen molar-refractivity contribution in [1.29, 1.82) is 0 Å². The normalized spacial score (nSPS) is 20.0. The Morgan fingerprint density at radius 3 is 3.16 bits per heavy atom. The molecule has 2 unspecified atom stereocenters. The van der Waals surface area contributed by atoms with Gasteiger partial charge in [0.25, 0.3) is 0 Å². The first-order chi connectivity index (χ1) is 12.2. The van der Waals surface area contributed by atoms with Crippen LogP contribution >= 0.6 is 22.7 Å². The van der Waals surface area contributed by atoms with Crippen molar-refractivity contribution in [3.8, 4) is 9.88 Å².